The van der Waals surface area contributed by atoms with Gasteiger partial charge >= 0.3 is 5.97 Å². The lowest BCUT2D eigenvalue weighted by Gasteiger charge is -2.17. The van der Waals surface area contributed by atoms with E-state index in [-0.39, 0.29) is 6.10 Å². The summed E-state index contributed by atoms with van der Waals surface area (Å²) in [5.74, 6) is -1.51. The lowest BCUT2D eigenvalue weighted by molar-refractivity contribution is -0.136. The summed E-state index contributed by atoms with van der Waals surface area (Å²) in [4.78, 5) is 10.7. The maximum atomic E-state index is 10.7. The fourth-order valence-corrected chi connectivity index (χ4v) is 1.31. The number of hydrogen-bond donors (Lipinski definition) is 1. The van der Waals surface area contributed by atoms with E-state index in [9.17, 15) is 4.79 Å². The van der Waals surface area contributed by atoms with Crippen molar-refractivity contribution in [3.05, 3.63) is 11.1 Å². The monoisotopic (exact) mass is 200 g/mol. The van der Waals surface area contributed by atoms with Crippen LogP contribution >= 0.6 is 0 Å². The van der Waals surface area contributed by atoms with Crippen molar-refractivity contribution in [1.29, 1.82) is 0 Å². The molecule has 0 aromatic carbocycles. The van der Waals surface area contributed by atoms with Crippen molar-refractivity contribution < 1.29 is 19.4 Å². The van der Waals surface area contributed by atoms with E-state index in [1.54, 1.807) is 13.8 Å². The van der Waals surface area contributed by atoms with E-state index >= 15 is 0 Å². The van der Waals surface area contributed by atoms with E-state index in [0.717, 1.165) is 5.57 Å². The molecular formula is C10H16O4. The molecule has 0 amide bonds. The number of aliphatic carboxylic acids is 1. The van der Waals surface area contributed by atoms with Gasteiger partial charge in [0.2, 0.25) is 0 Å². The van der Waals surface area contributed by atoms with E-state index in [4.69, 9.17) is 14.6 Å². The molecule has 1 fully saturated rings. The number of carboxylic acids is 1. The van der Waals surface area contributed by atoms with Gasteiger partial charge in [-0.05, 0) is 33.3 Å². The Morgan fingerprint density at radius 1 is 1.43 bits per heavy atom. The summed E-state index contributed by atoms with van der Waals surface area (Å²) in [5, 5.41) is 8.79. The number of carboxylic acid groups (broad SMARTS) is 1. The molecule has 80 valence electrons. The minimum Gasteiger partial charge on any atom is -0.478 e. The minimum atomic E-state index is -0.907. The molecule has 1 atom stereocenters. The van der Waals surface area contributed by atoms with Gasteiger partial charge in [-0.2, -0.15) is 0 Å². The zero-order valence-corrected chi connectivity index (χ0v) is 8.96. The largest absolute Gasteiger partial charge is 0.478 e. The first-order chi connectivity index (χ1) is 6.33. The standard InChI is InChI=1S/C10H16O4/c1-6(7(2)9(11)12)8-5-13-10(3,4)14-8/h8H,5H2,1-4H3,(H,11,12). The van der Waals surface area contributed by atoms with Gasteiger partial charge in [0, 0.05) is 5.57 Å². The number of rotatable bonds is 2. The van der Waals surface area contributed by atoms with E-state index in [2.05, 4.69) is 0 Å². The Kier molecular flexibility index (Phi) is 2.97. The quantitative estimate of drug-likeness (QED) is 0.687. The Hall–Kier alpha value is -0.870. The van der Waals surface area contributed by atoms with Gasteiger partial charge in [-0.1, -0.05) is 0 Å². The molecular weight excluding hydrogens is 184 g/mol. The molecule has 4 heteroatoms. The Morgan fingerprint density at radius 2 is 2.00 bits per heavy atom. The van der Waals surface area contributed by atoms with Gasteiger partial charge in [0.05, 0.1) is 6.61 Å². The Bertz CT molecular complexity index is 278. The van der Waals surface area contributed by atoms with Crippen LogP contribution in [-0.2, 0) is 14.3 Å². The smallest absolute Gasteiger partial charge is 0.331 e. The summed E-state index contributed by atoms with van der Waals surface area (Å²) >= 11 is 0. The van der Waals surface area contributed by atoms with Gasteiger partial charge < -0.3 is 14.6 Å². The van der Waals surface area contributed by atoms with Crippen molar-refractivity contribution in [2.24, 2.45) is 0 Å². The van der Waals surface area contributed by atoms with Gasteiger partial charge in [-0.15, -0.1) is 0 Å². The Balaban J connectivity index is 2.78. The highest BCUT2D eigenvalue weighted by Gasteiger charge is 2.34. The van der Waals surface area contributed by atoms with Crippen molar-refractivity contribution in [1.82, 2.24) is 0 Å². The predicted molar refractivity (Wildman–Crippen MR) is 50.9 cm³/mol. The lowest BCUT2D eigenvalue weighted by atomic mass is 10.1. The molecule has 1 aliphatic rings. The summed E-state index contributed by atoms with van der Waals surface area (Å²) in [5.41, 5.74) is 1.05. The molecule has 0 aliphatic carbocycles. The highest BCUT2D eigenvalue weighted by atomic mass is 16.7. The summed E-state index contributed by atoms with van der Waals surface area (Å²) in [6, 6.07) is 0. The number of carbonyl (C=O) groups is 1. The van der Waals surface area contributed by atoms with Crippen LogP contribution in [0.3, 0.4) is 0 Å². The summed E-state index contributed by atoms with van der Waals surface area (Å²) in [7, 11) is 0. The van der Waals surface area contributed by atoms with E-state index in [1.165, 1.54) is 0 Å². The number of hydrogen-bond acceptors (Lipinski definition) is 3. The van der Waals surface area contributed by atoms with Crippen LogP contribution < -0.4 is 0 Å². The second-order valence-electron chi connectivity index (χ2n) is 3.93. The SMILES string of the molecule is CC(C(=O)O)=C(C)C1COC(C)(C)O1. The molecule has 0 radical (unpaired) electrons. The molecule has 0 bridgehead atoms. The molecule has 1 saturated heterocycles. The Labute approximate surface area is 83.5 Å². The van der Waals surface area contributed by atoms with Gasteiger partial charge in [0.15, 0.2) is 5.79 Å². The van der Waals surface area contributed by atoms with Crippen LogP contribution in [0.2, 0.25) is 0 Å². The summed E-state index contributed by atoms with van der Waals surface area (Å²) < 4.78 is 10.9. The van der Waals surface area contributed by atoms with Gasteiger partial charge in [0.25, 0.3) is 0 Å². The molecule has 14 heavy (non-hydrogen) atoms. The maximum absolute atomic E-state index is 10.7. The summed E-state index contributed by atoms with van der Waals surface area (Å²) in [6.45, 7) is 7.39. The van der Waals surface area contributed by atoms with Crippen LogP contribution in [-0.4, -0.2) is 29.6 Å². The van der Waals surface area contributed by atoms with Gasteiger partial charge in [0.1, 0.15) is 6.10 Å². The molecule has 1 aliphatic heterocycles. The third-order valence-corrected chi connectivity index (χ3v) is 2.40. The first-order valence-electron chi connectivity index (χ1n) is 4.56. The average molecular weight is 200 g/mol. The van der Waals surface area contributed by atoms with Crippen molar-refractivity contribution in [3.8, 4) is 0 Å². The van der Waals surface area contributed by atoms with Crippen LogP contribution in [0.25, 0.3) is 0 Å². The molecule has 0 aromatic heterocycles. The maximum Gasteiger partial charge on any atom is 0.331 e. The van der Waals surface area contributed by atoms with Crippen LogP contribution in [0.15, 0.2) is 11.1 Å². The first-order valence-corrected chi connectivity index (χ1v) is 4.56. The third-order valence-electron chi connectivity index (χ3n) is 2.40. The second kappa shape index (κ2) is 3.71. The minimum absolute atomic E-state index is 0.235. The molecule has 4 nitrogen and oxygen atoms in total. The topological polar surface area (TPSA) is 55.8 Å². The third kappa shape index (κ3) is 2.33. The van der Waals surface area contributed by atoms with Crippen LogP contribution in [0, 0.1) is 0 Å². The van der Waals surface area contributed by atoms with Crippen molar-refractivity contribution in [3.63, 3.8) is 0 Å². The summed E-state index contributed by atoms with van der Waals surface area (Å²) in [6.07, 6.45) is -0.235. The van der Waals surface area contributed by atoms with E-state index in [0.29, 0.717) is 12.2 Å². The van der Waals surface area contributed by atoms with Crippen molar-refractivity contribution >= 4 is 5.97 Å². The normalized spacial score (nSPS) is 27.3. The molecule has 1 heterocycles. The fourth-order valence-electron chi connectivity index (χ4n) is 1.31. The first kappa shape index (κ1) is 11.2. The van der Waals surface area contributed by atoms with Crippen LogP contribution in [0.5, 0.6) is 0 Å². The molecule has 1 unspecified atom stereocenters. The predicted octanol–water partition coefficient (Wildman–Crippen LogP) is 1.56. The van der Waals surface area contributed by atoms with Crippen molar-refractivity contribution in [2.45, 2.75) is 39.6 Å². The van der Waals surface area contributed by atoms with E-state index in [1.807, 2.05) is 13.8 Å². The van der Waals surface area contributed by atoms with Crippen LogP contribution in [0.4, 0.5) is 0 Å². The fraction of sp³-hybridized carbons (Fsp3) is 0.700. The number of ether oxygens (including phenoxy) is 2. The van der Waals surface area contributed by atoms with Gasteiger partial charge in [-0.25, -0.2) is 4.79 Å². The highest BCUT2D eigenvalue weighted by Crippen LogP contribution is 2.27. The average Bonchev–Trinajstić information content (AvgIpc) is 2.43. The zero-order valence-electron chi connectivity index (χ0n) is 8.96. The molecule has 0 spiro atoms. The molecule has 0 saturated carbocycles. The second-order valence-corrected chi connectivity index (χ2v) is 3.93. The zero-order chi connectivity index (χ0) is 10.9. The van der Waals surface area contributed by atoms with Gasteiger partial charge in [-0.3, -0.25) is 0 Å². The highest BCUT2D eigenvalue weighted by molar-refractivity contribution is 5.86. The van der Waals surface area contributed by atoms with E-state index < -0.39 is 11.8 Å². The Morgan fingerprint density at radius 3 is 2.36 bits per heavy atom. The van der Waals surface area contributed by atoms with Crippen molar-refractivity contribution in [2.75, 3.05) is 6.61 Å². The molecule has 0 aromatic rings. The molecule has 1 N–H and O–H groups in total. The molecule has 1 rings (SSSR count). The lowest BCUT2D eigenvalue weighted by Crippen LogP contribution is -2.22. The van der Waals surface area contributed by atoms with Crippen LogP contribution in [0.1, 0.15) is 27.7 Å².